The average molecular weight is 385 g/mol. The Morgan fingerprint density at radius 2 is 1.96 bits per heavy atom. The van der Waals surface area contributed by atoms with Crippen LogP contribution in [0.15, 0.2) is 36.4 Å². The maximum absolute atomic E-state index is 12.4. The number of esters is 2. The van der Waals surface area contributed by atoms with E-state index in [0.717, 1.165) is 0 Å². The standard InChI is InChI=1S/C21H23NO6/c1-12(2)11-27-20(23)13-6-5-7-14(10-13)22-19-15-8-9-16(25-3)18(26-4)17(15)21(24)28-19/h5-10,12,19,22H,11H2,1-4H3/t19-/m0/s1. The summed E-state index contributed by atoms with van der Waals surface area (Å²) in [4.78, 5) is 24.5. The van der Waals surface area contributed by atoms with Crippen molar-refractivity contribution in [3.63, 3.8) is 0 Å². The summed E-state index contributed by atoms with van der Waals surface area (Å²) < 4.78 is 21.3. The van der Waals surface area contributed by atoms with Crippen LogP contribution in [-0.2, 0) is 9.47 Å². The van der Waals surface area contributed by atoms with Crippen LogP contribution in [0.5, 0.6) is 11.5 Å². The number of cyclic esters (lactones) is 1. The minimum absolute atomic E-state index is 0.256. The van der Waals surface area contributed by atoms with E-state index in [9.17, 15) is 9.59 Å². The maximum atomic E-state index is 12.4. The van der Waals surface area contributed by atoms with Crippen LogP contribution >= 0.6 is 0 Å². The van der Waals surface area contributed by atoms with Gasteiger partial charge < -0.3 is 24.3 Å². The Kier molecular flexibility index (Phi) is 5.73. The summed E-state index contributed by atoms with van der Waals surface area (Å²) in [5.41, 5.74) is 2.00. The zero-order valence-electron chi connectivity index (χ0n) is 16.3. The lowest BCUT2D eigenvalue weighted by Crippen LogP contribution is -2.12. The Morgan fingerprint density at radius 3 is 2.64 bits per heavy atom. The molecular formula is C21H23NO6. The molecule has 1 aliphatic rings. The van der Waals surface area contributed by atoms with Crippen molar-refractivity contribution in [2.75, 3.05) is 26.1 Å². The number of carbonyl (C=O) groups excluding carboxylic acids is 2. The molecule has 148 valence electrons. The minimum atomic E-state index is -0.704. The van der Waals surface area contributed by atoms with E-state index >= 15 is 0 Å². The van der Waals surface area contributed by atoms with Gasteiger partial charge in [0.25, 0.3) is 0 Å². The Morgan fingerprint density at radius 1 is 1.18 bits per heavy atom. The molecule has 0 saturated carbocycles. The number of rotatable bonds is 7. The number of hydrogen-bond donors (Lipinski definition) is 1. The third-order valence-corrected chi connectivity index (χ3v) is 4.23. The minimum Gasteiger partial charge on any atom is -0.493 e. The summed E-state index contributed by atoms with van der Waals surface area (Å²) >= 11 is 0. The van der Waals surface area contributed by atoms with Gasteiger partial charge in [0, 0.05) is 11.3 Å². The van der Waals surface area contributed by atoms with Crippen molar-refractivity contribution in [1.82, 2.24) is 0 Å². The van der Waals surface area contributed by atoms with E-state index in [4.69, 9.17) is 18.9 Å². The molecule has 0 unspecified atom stereocenters. The molecule has 0 saturated heterocycles. The predicted octanol–water partition coefficient (Wildman–Crippen LogP) is 3.80. The normalized spacial score (nSPS) is 15.0. The third kappa shape index (κ3) is 3.88. The van der Waals surface area contributed by atoms with E-state index in [-0.39, 0.29) is 5.92 Å². The first kappa shape index (κ1) is 19.5. The Hall–Kier alpha value is -3.22. The van der Waals surface area contributed by atoms with E-state index in [1.165, 1.54) is 14.2 Å². The second kappa shape index (κ2) is 8.21. The highest BCUT2D eigenvalue weighted by molar-refractivity contribution is 5.98. The smallest absolute Gasteiger partial charge is 0.344 e. The molecule has 1 N–H and O–H groups in total. The van der Waals surface area contributed by atoms with Crippen LogP contribution in [0, 0.1) is 5.92 Å². The highest BCUT2D eigenvalue weighted by Gasteiger charge is 2.35. The number of benzene rings is 2. The number of fused-ring (bicyclic) bond motifs is 1. The van der Waals surface area contributed by atoms with Crippen molar-refractivity contribution < 1.29 is 28.5 Å². The Labute approximate surface area is 163 Å². The molecule has 3 rings (SSSR count). The van der Waals surface area contributed by atoms with Crippen molar-refractivity contribution in [2.24, 2.45) is 5.92 Å². The topological polar surface area (TPSA) is 83.1 Å². The quantitative estimate of drug-likeness (QED) is 0.726. The van der Waals surface area contributed by atoms with Crippen LogP contribution in [0.3, 0.4) is 0 Å². The van der Waals surface area contributed by atoms with Gasteiger partial charge in [-0.05, 0) is 36.2 Å². The molecule has 7 nitrogen and oxygen atoms in total. The summed E-state index contributed by atoms with van der Waals surface area (Å²) in [6.07, 6.45) is -0.704. The zero-order chi connectivity index (χ0) is 20.3. The van der Waals surface area contributed by atoms with Crippen LogP contribution in [0.4, 0.5) is 5.69 Å². The van der Waals surface area contributed by atoms with Gasteiger partial charge in [0.05, 0.1) is 26.4 Å². The van der Waals surface area contributed by atoms with Crippen molar-refractivity contribution in [3.05, 3.63) is 53.1 Å². The van der Waals surface area contributed by atoms with E-state index in [1.54, 1.807) is 36.4 Å². The van der Waals surface area contributed by atoms with E-state index in [0.29, 0.717) is 40.5 Å². The maximum Gasteiger partial charge on any atom is 0.344 e. The molecule has 0 bridgehead atoms. The number of methoxy groups -OCH3 is 2. The molecule has 0 amide bonds. The molecule has 2 aromatic rings. The number of anilines is 1. The van der Waals surface area contributed by atoms with Gasteiger partial charge in [-0.1, -0.05) is 19.9 Å². The highest BCUT2D eigenvalue weighted by atomic mass is 16.6. The molecule has 28 heavy (non-hydrogen) atoms. The average Bonchev–Trinajstić information content (AvgIpc) is 3.01. The van der Waals surface area contributed by atoms with Gasteiger partial charge in [0.1, 0.15) is 5.56 Å². The van der Waals surface area contributed by atoms with Gasteiger partial charge in [-0.3, -0.25) is 0 Å². The largest absolute Gasteiger partial charge is 0.493 e. The zero-order valence-corrected chi connectivity index (χ0v) is 16.3. The molecule has 0 aliphatic carbocycles. The molecule has 1 atom stereocenters. The van der Waals surface area contributed by atoms with Crippen LogP contribution in [-0.4, -0.2) is 32.8 Å². The first-order valence-corrected chi connectivity index (χ1v) is 8.94. The molecule has 1 heterocycles. The highest BCUT2D eigenvalue weighted by Crippen LogP contribution is 2.42. The molecule has 0 aromatic heterocycles. The number of hydrogen-bond acceptors (Lipinski definition) is 7. The Bertz CT molecular complexity index is 892. The fourth-order valence-electron chi connectivity index (χ4n) is 2.92. The summed E-state index contributed by atoms with van der Waals surface area (Å²) in [6, 6.07) is 10.3. The van der Waals surface area contributed by atoms with Gasteiger partial charge in [-0.25, -0.2) is 9.59 Å². The summed E-state index contributed by atoms with van der Waals surface area (Å²) in [5, 5.41) is 3.13. The molecule has 1 aliphatic heterocycles. The number of nitrogens with one attached hydrogen (secondary N) is 1. The van der Waals surface area contributed by atoms with Crippen LogP contribution < -0.4 is 14.8 Å². The molecular weight excluding hydrogens is 362 g/mol. The first-order chi connectivity index (χ1) is 13.4. The summed E-state index contributed by atoms with van der Waals surface area (Å²) in [6.45, 7) is 4.30. The van der Waals surface area contributed by atoms with Gasteiger partial charge in [-0.15, -0.1) is 0 Å². The first-order valence-electron chi connectivity index (χ1n) is 8.94. The van der Waals surface area contributed by atoms with E-state index in [2.05, 4.69) is 5.32 Å². The lowest BCUT2D eigenvalue weighted by Gasteiger charge is -2.16. The lowest BCUT2D eigenvalue weighted by atomic mass is 10.1. The lowest BCUT2D eigenvalue weighted by molar-refractivity contribution is 0.0430. The second-order valence-corrected chi connectivity index (χ2v) is 6.77. The van der Waals surface area contributed by atoms with Crippen LogP contribution in [0.2, 0.25) is 0 Å². The molecule has 2 aromatic carbocycles. The SMILES string of the molecule is COc1ccc2c(c1OC)C(=O)O[C@@H]2Nc1cccc(C(=O)OCC(C)C)c1. The number of ether oxygens (including phenoxy) is 4. The van der Waals surface area contributed by atoms with Crippen molar-refractivity contribution in [1.29, 1.82) is 0 Å². The van der Waals surface area contributed by atoms with Crippen molar-refractivity contribution in [3.8, 4) is 11.5 Å². The predicted molar refractivity (Wildman–Crippen MR) is 103 cm³/mol. The number of carbonyl (C=O) groups is 2. The molecule has 0 fully saturated rings. The second-order valence-electron chi connectivity index (χ2n) is 6.77. The van der Waals surface area contributed by atoms with Gasteiger partial charge >= 0.3 is 11.9 Å². The van der Waals surface area contributed by atoms with Gasteiger partial charge in [0.2, 0.25) is 6.23 Å². The van der Waals surface area contributed by atoms with Crippen molar-refractivity contribution in [2.45, 2.75) is 20.1 Å². The van der Waals surface area contributed by atoms with E-state index < -0.39 is 18.2 Å². The van der Waals surface area contributed by atoms with Gasteiger partial charge in [-0.2, -0.15) is 0 Å². The van der Waals surface area contributed by atoms with Crippen LogP contribution in [0.1, 0.15) is 46.4 Å². The molecule has 0 spiro atoms. The fraction of sp³-hybridized carbons (Fsp3) is 0.333. The fourth-order valence-corrected chi connectivity index (χ4v) is 2.92. The van der Waals surface area contributed by atoms with Crippen LogP contribution in [0.25, 0.3) is 0 Å². The van der Waals surface area contributed by atoms with Crippen molar-refractivity contribution >= 4 is 17.6 Å². The molecule has 7 heteroatoms. The van der Waals surface area contributed by atoms with Gasteiger partial charge in [0.15, 0.2) is 11.5 Å². The summed E-state index contributed by atoms with van der Waals surface area (Å²) in [7, 11) is 2.97. The monoisotopic (exact) mass is 385 g/mol. The third-order valence-electron chi connectivity index (χ3n) is 4.23. The molecule has 0 radical (unpaired) electrons. The van der Waals surface area contributed by atoms with E-state index in [1.807, 2.05) is 13.8 Å². The Balaban J connectivity index is 1.82. The summed E-state index contributed by atoms with van der Waals surface area (Å²) in [5.74, 6) is 0.143.